The highest BCUT2D eigenvalue weighted by molar-refractivity contribution is 6.76. The number of methoxy groups -OCH3 is 1. The number of hydrogen-bond donors (Lipinski definition) is 1. The van der Waals surface area contributed by atoms with Crippen LogP contribution in [0, 0.1) is 6.92 Å². The van der Waals surface area contributed by atoms with Crippen molar-refractivity contribution in [1.29, 1.82) is 0 Å². The van der Waals surface area contributed by atoms with Crippen molar-refractivity contribution in [3.63, 3.8) is 0 Å². The lowest BCUT2D eigenvalue weighted by atomic mass is 10.1. The molecule has 3 aromatic rings. The van der Waals surface area contributed by atoms with Crippen molar-refractivity contribution in [2.24, 2.45) is 0 Å². The summed E-state index contributed by atoms with van der Waals surface area (Å²) in [5.74, 6) is 1.02. The lowest BCUT2D eigenvalue weighted by molar-refractivity contribution is 0.0887. The molecule has 0 saturated carbocycles. The molecule has 0 spiro atoms. The first kappa shape index (κ1) is 19.3. The highest BCUT2D eigenvalue weighted by atomic mass is 28.3. The molecule has 0 aromatic carbocycles. The number of nitrogens with zero attached hydrogens (tertiary/aromatic N) is 4. The summed E-state index contributed by atoms with van der Waals surface area (Å²) in [5.41, 5.74) is 9.93. The van der Waals surface area contributed by atoms with Gasteiger partial charge < -0.3 is 19.8 Å². The van der Waals surface area contributed by atoms with Gasteiger partial charge in [0.15, 0.2) is 0 Å². The Hall–Kier alpha value is -2.45. The molecule has 8 heteroatoms. The third kappa shape index (κ3) is 4.11. The van der Waals surface area contributed by atoms with Gasteiger partial charge in [-0.3, -0.25) is 0 Å². The number of anilines is 1. The molecular formula is C19H27N5O2Si. The first-order valence-corrected chi connectivity index (χ1v) is 12.7. The Bertz CT molecular complexity index is 932. The molecule has 3 aromatic heterocycles. The van der Waals surface area contributed by atoms with Crippen LogP contribution in [-0.2, 0) is 11.5 Å². The summed E-state index contributed by atoms with van der Waals surface area (Å²) in [6.45, 7) is 10.3. The lowest BCUT2D eigenvalue weighted by Gasteiger charge is -2.16. The Kier molecular flexibility index (Phi) is 5.47. The number of fused-ring (bicyclic) bond motifs is 1. The summed E-state index contributed by atoms with van der Waals surface area (Å²) in [7, 11) is 0.472. The van der Waals surface area contributed by atoms with Gasteiger partial charge in [-0.2, -0.15) is 0 Å². The minimum absolute atomic E-state index is 0.437. The predicted molar refractivity (Wildman–Crippen MR) is 111 cm³/mol. The van der Waals surface area contributed by atoms with Crippen LogP contribution >= 0.6 is 0 Å². The van der Waals surface area contributed by atoms with Crippen LogP contribution in [0.5, 0.6) is 5.88 Å². The molecule has 3 heterocycles. The summed E-state index contributed by atoms with van der Waals surface area (Å²) in [4.78, 5) is 13.0. The molecule has 0 unspecified atom stereocenters. The van der Waals surface area contributed by atoms with E-state index in [2.05, 4.69) is 39.2 Å². The minimum Gasteiger partial charge on any atom is -0.481 e. The molecule has 144 valence electrons. The second-order valence-corrected chi connectivity index (χ2v) is 13.4. The largest absolute Gasteiger partial charge is 0.481 e. The maximum absolute atomic E-state index is 6.20. The van der Waals surface area contributed by atoms with E-state index >= 15 is 0 Å². The third-order valence-corrected chi connectivity index (χ3v) is 6.28. The van der Waals surface area contributed by atoms with Gasteiger partial charge >= 0.3 is 0 Å². The van der Waals surface area contributed by atoms with Crippen LogP contribution < -0.4 is 10.5 Å². The van der Waals surface area contributed by atoms with Gasteiger partial charge in [-0.1, -0.05) is 19.6 Å². The Labute approximate surface area is 160 Å². The second-order valence-electron chi connectivity index (χ2n) is 7.78. The molecule has 0 radical (unpaired) electrons. The minimum atomic E-state index is -1.13. The smallest absolute Gasteiger partial charge is 0.212 e. The normalized spacial score (nSPS) is 11.9. The van der Waals surface area contributed by atoms with Crippen molar-refractivity contribution in [3.8, 4) is 17.0 Å². The Balaban J connectivity index is 2.00. The van der Waals surface area contributed by atoms with Gasteiger partial charge in [-0.25, -0.2) is 15.0 Å². The van der Waals surface area contributed by atoms with Gasteiger partial charge in [0.2, 0.25) is 5.88 Å². The van der Waals surface area contributed by atoms with E-state index in [1.807, 2.05) is 19.1 Å². The van der Waals surface area contributed by atoms with Crippen LogP contribution in [0.4, 0.5) is 5.82 Å². The van der Waals surface area contributed by atoms with Gasteiger partial charge in [0.25, 0.3) is 0 Å². The molecule has 0 aliphatic rings. The summed E-state index contributed by atoms with van der Waals surface area (Å²) in [6, 6.07) is 4.93. The summed E-state index contributed by atoms with van der Waals surface area (Å²) in [5, 5.41) is 0.829. The molecule has 0 bridgehead atoms. The predicted octanol–water partition coefficient (Wildman–Crippen LogP) is 3.70. The first-order valence-electron chi connectivity index (χ1n) is 8.99. The maximum Gasteiger partial charge on any atom is 0.212 e. The fourth-order valence-electron chi connectivity index (χ4n) is 3.00. The van der Waals surface area contributed by atoms with Crippen molar-refractivity contribution >= 4 is 24.9 Å². The van der Waals surface area contributed by atoms with Crippen molar-refractivity contribution in [1.82, 2.24) is 19.5 Å². The van der Waals surface area contributed by atoms with E-state index in [-0.39, 0.29) is 0 Å². The summed E-state index contributed by atoms with van der Waals surface area (Å²) >= 11 is 0. The first-order chi connectivity index (χ1) is 12.8. The average molecular weight is 386 g/mol. The van der Waals surface area contributed by atoms with E-state index in [9.17, 15) is 0 Å². The molecular weight excluding hydrogens is 358 g/mol. The number of hydrogen-bond acceptors (Lipinski definition) is 6. The molecule has 3 rings (SSSR count). The zero-order valence-corrected chi connectivity index (χ0v) is 17.6. The zero-order chi connectivity index (χ0) is 19.6. The van der Waals surface area contributed by atoms with E-state index in [0.29, 0.717) is 18.4 Å². The number of aromatic nitrogens is 4. The molecule has 0 fully saturated rings. The number of ether oxygens (including phenoxy) is 2. The van der Waals surface area contributed by atoms with Crippen LogP contribution in [0.2, 0.25) is 25.7 Å². The average Bonchev–Trinajstić information content (AvgIpc) is 2.91. The van der Waals surface area contributed by atoms with E-state index in [1.54, 1.807) is 13.3 Å². The van der Waals surface area contributed by atoms with Crippen molar-refractivity contribution in [2.45, 2.75) is 39.3 Å². The monoisotopic (exact) mass is 385 g/mol. The van der Waals surface area contributed by atoms with Gasteiger partial charge in [-0.15, -0.1) is 0 Å². The van der Waals surface area contributed by atoms with E-state index in [4.69, 9.17) is 15.2 Å². The highest BCUT2D eigenvalue weighted by Gasteiger charge is 2.20. The summed E-state index contributed by atoms with van der Waals surface area (Å²) in [6.07, 6.45) is 3.27. The van der Waals surface area contributed by atoms with Crippen LogP contribution in [-0.4, -0.2) is 41.3 Å². The zero-order valence-electron chi connectivity index (χ0n) is 16.6. The topological polar surface area (TPSA) is 88.1 Å². The number of nitrogens with two attached hydrogens (primary N) is 1. The van der Waals surface area contributed by atoms with Crippen LogP contribution in [0.15, 0.2) is 24.7 Å². The summed E-state index contributed by atoms with van der Waals surface area (Å²) < 4.78 is 13.2. The van der Waals surface area contributed by atoms with Crippen molar-refractivity contribution in [2.75, 3.05) is 19.5 Å². The number of nitrogen functional groups attached to an aromatic ring is 1. The lowest BCUT2D eigenvalue weighted by Crippen LogP contribution is -2.22. The highest BCUT2D eigenvalue weighted by Crippen LogP contribution is 2.36. The molecule has 2 N–H and O–H groups in total. The quantitative estimate of drug-likeness (QED) is 0.493. The fraction of sp³-hybridized carbons (Fsp3) is 0.421. The SMILES string of the molecule is COc1ccc(-c2c(C)n(COCC[Si](C)(C)C)c3ncnc(N)c23)cn1. The van der Waals surface area contributed by atoms with E-state index < -0.39 is 8.07 Å². The Morgan fingerprint density at radius 1 is 1.15 bits per heavy atom. The second kappa shape index (κ2) is 7.65. The third-order valence-electron chi connectivity index (χ3n) is 4.58. The van der Waals surface area contributed by atoms with Gasteiger partial charge in [0.1, 0.15) is 24.5 Å². The standard InChI is InChI=1S/C19H27N5O2Si/c1-13-16(14-6-7-15(25-2)21-10-14)17-18(20)22-11-23-19(17)24(13)12-26-8-9-27(3,4)5/h6-7,10-11H,8-9,12H2,1-5H3,(H2,20,22,23). The molecule has 0 aliphatic heterocycles. The molecule has 0 aliphatic carbocycles. The van der Waals surface area contributed by atoms with Crippen molar-refractivity contribution < 1.29 is 9.47 Å². The molecule has 27 heavy (non-hydrogen) atoms. The Morgan fingerprint density at radius 3 is 2.56 bits per heavy atom. The fourth-order valence-corrected chi connectivity index (χ4v) is 3.76. The van der Waals surface area contributed by atoms with E-state index in [0.717, 1.165) is 40.5 Å². The van der Waals surface area contributed by atoms with Crippen LogP contribution in [0.1, 0.15) is 5.69 Å². The van der Waals surface area contributed by atoms with Crippen molar-refractivity contribution in [3.05, 3.63) is 30.4 Å². The van der Waals surface area contributed by atoms with Crippen LogP contribution in [0.25, 0.3) is 22.2 Å². The van der Waals surface area contributed by atoms with Crippen LogP contribution in [0.3, 0.4) is 0 Å². The number of pyridine rings is 1. The van der Waals surface area contributed by atoms with E-state index in [1.165, 1.54) is 6.33 Å². The molecule has 0 amide bonds. The Morgan fingerprint density at radius 2 is 1.93 bits per heavy atom. The van der Waals surface area contributed by atoms with Gasteiger partial charge in [0, 0.05) is 43.8 Å². The number of rotatable bonds is 7. The van der Waals surface area contributed by atoms with Gasteiger partial charge in [0.05, 0.1) is 12.5 Å². The molecule has 7 nitrogen and oxygen atoms in total. The molecule has 0 saturated heterocycles. The van der Waals surface area contributed by atoms with Gasteiger partial charge in [-0.05, 0) is 19.0 Å². The maximum atomic E-state index is 6.20. The molecule has 0 atom stereocenters.